The van der Waals surface area contributed by atoms with E-state index in [-0.39, 0.29) is 5.91 Å². The number of halogens is 1. The smallest absolute Gasteiger partial charge is 0.281 e. The number of carbonyl (C=O) groups is 1. The number of fused-ring (bicyclic) bond motifs is 1. The molecule has 0 N–H and O–H groups in total. The predicted molar refractivity (Wildman–Crippen MR) is 99.5 cm³/mol. The Balaban J connectivity index is 2.22. The van der Waals surface area contributed by atoms with Crippen LogP contribution in [0.3, 0.4) is 0 Å². The summed E-state index contributed by atoms with van der Waals surface area (Å²) in [4.78, 5) is 17.3. The summed E-state index contributed by atoms with van der Waals surface area (Å²) >= 11 is 7.54. The minimum Gasteiger partial charge on any atom is -0.305 e. The van der Waals surface area contributed by atoms with E-state index in [1.807, 2.05) is 4.57 Å². The molecule has 0 saturated carbocycles. The van der Waals surface area contributed by atoms with Crippen LogP contribution in [0.25, 0.3) is 10.2 Å². The highest BCUT2D eigenvalue weighted by Crippen LogP contribution is 2.22. The molecular weight excluding hydrogens is 340 g/mol. The van der Waals surface area contributed by atoms with Gasteiger partial charge in [-0.05, 0) is 49.2 Å². The number of terminal acetylenes is 1. The highest BCUT2D eigenvalue weighted by Gasteiger charge is 2.12. The van der Waals surface area contributed by atoms with Gasteiger partial charge in [-0.1, -0.05) is 41.0 Å². The third kappa shape index (κ3) is 3.01. The monoisotopic (exact) mass is 354 g/mol. The maximum absolute atomic E-state index is 12.5. The van der Waals surface area contributed by atoms with Gasteiger partial charge >= 0.3 is 0 Å². The van der Waals surface area contributed by atoms with Gasteiger partial charge in [-0.3, -0.25) is 4.79 Å². The molecule has 5 heteroatoms. The molecule has 1 heterocycles. The molecule has 0 atom stereocenters. The minimum atomic E-state index is -0.369. The largest absolute Gasteiger partial charge is 0.305 e. The molecule has 1 amide bonds. The molecular formula is C19H15ClN2OS. The van der Waals surface area contributed by atoms with E-state index in [9.17, 15) is 4.79 Å². The summed E-state index contributed by atoms with van der Waals surface area (Å²) in [6.07, 6.45) is 5.50. The van der Waals surface area contributed by atoms with E-state index in [0.29, 0.717) is 21.9 Å². The van der Waals surface area contributed by atoms with Gasteiger partial charge in [0.1, 0.15) is 0 Å². The third-order valence-electron chi connectivity index (χ3n) is 3.85. The molecule has 0 saturated heterocycles. The molecule has 0 unspecified atom stereocenters. The lowest BCUT2D eigenvalue weighted by Gasteiger charge is -2.03. The molecule has 1 aromatic heterocycles. The molecule has 0 fully saturated rings. The number of aromatic nitrogens is 1. The fourth-order valence-corrected chi connectivity index (χ4v) is 3.76. The summed E-state index contributed by atoms with van der Waals surface area (Å²) in [5, 5.41) is 0.391. The first-order chi connectivity index (χ1) is 11.5. The van der Waals surface area contributed by atoms with Crippen LogP contribution in [0.5, 0.6) is 0 Å². The molecule has 3 aromatic rings. The van der Waals surface area contributed by atoms with E-state index in [0.717, 1.165) is 10.2 Å². The molecule has 2 aromatic carbocycles. The fraction of sp³-hybridized carbons (Fsp3) is 0.158. The lowest BCUT2D eigenvalue weighted by molar-refractivity contribution is 0.0998. The zero-order valence-corrected chi connectivity index (χ0v) is 14.9. The Morgan fingerprint density at radius 1 is 1.29 bits per heavy atom. The Kier molecular flexibility index (Phi) is 4.57. The molecule has 0 radical (unpaired) electrons. The van der Waals surface area contributed by atoms with Crippen LogP contribution in [0.2, 0.25) is 5.02 Å². The SMILES string of the molecule is C#CCn1c(=NC(=O)c2ccccc2Cl)sc2cc(C)c(C)cc21. The first kappa shape index (κ1) is 16.5. The summed E-state index contributed by atoms with van der Waals surface area (Å²) in [7, 11) is 0. The van der Waals surface area contributed by atoms with E-state index in [4.69, 9.17) is 18.0 Å². The highest BCUT2D eigenvalue weighted by molar-refractivity contribution is 7.16. The van der Waals surface area contributed by atoms with Crippen molar-refractivity contribution in [3.05, 3.63) is 62.9 Å². The first-order valence-corrected chi connectivity index (χ1v) is 8.58. The zero-order valence-electron chi connectivity index (χ0n) is 13.3. The Bertz CT molecular complexity index is 1050. The molecule has 0 bridgehead atoms. The summed E-state index contributed by atoms with van der Waals surface area (Å²) in [6.45, 7) is 4.47. The minimum absolute atomic E-state index is 0.358. The van der Waals surface area contributed by atoms with Crippen LogP contribution in [0.15, 0.2) is 41.4 Å². The average Bonchev–Trinajstić information content (AvgIpc) is 2.85. The van der Waals surface area contributed by atoms with Gasteiger partial charge in [0.2, 0.25) is 0 Å². The van der Waals surface area contributed by atoms with Crippen molar-refractivity contribution < 1.29 is 4.79 Å². The van der Waals surface area contributed by atoms with Crippen LogP contribution in [0.4, 0.5) is 0 Å². The second-order valence-corrected chi connectivity index (χ2v) is 6.89. The second kappa shape index (κ2) is 6.64. The van der Waals surface area contributed by atoms with Gasteiger partial charge in [0, 0.05) is 0 Å². The summed E-state index contributed by atoms with van der Waals surface area (Å²) in [5.41, 5.74) is 3.75. The van der Waals surface area contributed by atoms with E-state index in [1.54, 1.807) is 24.3 Å². The number of amides is 1. The molecule has 120 valence electrons. The number of carbonyl (C=O) groups excluding carboxylic acids is 1. The van der Waals surface area contributed by atoms with Crippen LogP contribution in [0.1, 0.15) is 21.5 Å². The van der Waals surface area contributed by atoms with E-state index >= 15 is 0 Å². The summed E-state index contributed by atoms with van der Waals surface area (Å²) in [5.74, 6) is 2.26. The summed E-state index contributed by atoms with van der Waals surface area (Å²) < 4.78 is 2.94. The lowest BCUT2D eigenvalue weighted by atomic mass is 10.1. The highest BCUT2D eigenvalue weighted by atomic mass is 35.5. The number of nitrogens with zero attached hydrogens (tertiary/aromatic N) is 2. The number of benzene rings is 2. The third-order valence-corrected chi connectivity index (χ3v) is 5.22. The van der Waals surface area contributed by atoms with Crippen LogP contribution < -0.4 is 4.80 Å². The standard InChI is InChI=1S/C19H15ClN2OS/c1-4-9-22-16-10-12(2)13(3)11-17(16)24-19(22)21-18(23)14-7-5-6-8-15(14)20/h1,5-8,10-11H,9H2,2-3H3. The average molecular weight is 355 g/mol. The van der Waals surface area contributed by atoms with Crippen molar-refractivity contribution >= 4 is 39.1 Å². The Morgan fingerprint density at radius 3 is 2.71 bits per heavy atom. The molecule has 0 aliphatic carbocycles. The lowest BCUT2D eigenvalue weighted by Crippen LogP contribution is -2.16. The number of hydrogen-bond acceptors (Lipinski definition) is 2. The quantitative estimate of drug-likeness (QED) is 0.630. The molecule has 0 aliphatic heterocycles. The van der Waals surface area contributed by atoms with E-state index < -0.39 is 0 Å². The van der Waals surface area contributed by atoms with Gasteiger partial charge in [-0.15, -0.1) is 6.42 Å². The van der Waals surface area contributed by atoms with Gasteiger partial charge < -0.3 is 4.57 Å². The maximum Gasteiger partial charge on any atom is 0.281 e. The summed E-state index contributed by atoms with van der Waals surface area (Å²) in [6, 6.07) is 11.1. The number of aryl methyl sites for hydroxylation is 2. The van der Waals surface area contributed by atoms with Crippen molar-refractivity contribution in [1.82, 2.24) is 4.57 Å². The fourth-order valence-electron chi connectivity index (χ4n) is 2.43. The first-order valence-electron chi connectivity index (χ1n) is 7.39. The van der Waals surface area contributed by atoms with Crippen molar-refractivity contribution in [1.29, 1.82) is 0 Å². The van der Waals surface area contributed by atoms with Crippen LogP contribution in [-0.4, -0.2) is 10.5 Å². The van der Waals surface area contributed by atoms with Crippen molar-refractivity contribution in [3.63, 3.8) is 0 Å². The second-order valence-electron chi connectivity index (χ2n) is 5.48. The van der Waals surface area contributed by atoms with Crippen LogP contribution in [0, 0.1) is 26.2 Å². The normalized spacial score (nSPS) is 11.7. The molecule has 0 spiro atoms. The van der Waals surface area contributed by atoms with Gasteiger partial charge in [0.25, 0.3) is 5.91 Å². The molecule has 24 heavy (non-hydrogen) atoms. The van der Waals surface area contributed by atoms with E-state index in [2.05, 4.69) is 36.9 Å². The molecule has 3 rings (SSSR count). The number of rotatable bonds is 2. The van der Waals surface area contributed by atoms with Gasteiger partial charge in [-0.2, -0.15) is 4.99 Å². The Hall–Kier alpha value is -2.35. The van der Waals surface area contributed by atoms with Gasteiger partial charge in [0.15, 0.2) is 4.80 Å². The number of thiazole rings is 1. The van der Waals surface area contributed by atoms with Crippen LogP contribution in [-0.2, 0) is 6.54 Å². The van der Waals surface area contributed by atoms with Crippen molar-refractivity contribution in [3.8, 4) is 12.3 Å². The Labute approximate surface area is 149 Å². The zero-order chi connectivity index (χ0) is 17.3. The molecule has 0 aliphatic rings. The number of hydrogen-bond donors (Lipinski definition) is 0. The topological polar surface area (TPSA) is 34.4 Å². The van der Waals surface area contributed by atoms with Crippen molar-refractivity contribution in [2.24, 2.45) is 4.99 Å². The maximum atomic E-state index is 12.5. The predicted octanol–water partition coefficient (Wildman–Crippen LogP) is 4.35. The van der Waals surface area contributed by atoms with Crippen LogP contribution >= 0.6 is 22.9 Å². The van der Waals surface area contributed by atoms with E-state index in [1.165, 1.54) is 22.5 Å². The van der Waals surface area contributed by atoms with Crippen molar-refractivity contribution in [2.75, 3.05) is 0 Å². The van der Waals surface area contributed by atoms with Gasteiger partial charge in [-0.25, -0.2) is 0 Å². The Morgan fingerprint density at radius 2 is 2.00 bits per heavy atom. The van der Waals surface area contributed by atoms with Gasteiger partial charge in [0.05, 0.1) is 27.3 Å². The molecule has 3 nitrogen and oxygen atoms in total. The van der Waals surface area contributed by atoms with Crippen molar-refractivity contribution in [2.45, 2.75) is 20.4 Å².